The van der Waals surface area contributed by atoms with Gasteiger partial charge in [0.2, 0.25) is 0 Å². The lowest BCUT2D eigenvalue weighted by atomic mass is 9.59. The van der Waals surface area contributed by atoms with E-state index in [0.29, 0.717) is 5.92 Å². The van der Waals surface area contributed by atoms with E-state index in [2.05, 4.69) is 6.08 Å². The number of ketones is 2. The number of fused-ring (bicyclic) bond motifs is 5. The summed E-state index contributed by atoms with van der Waals surface area (Å²) in [5, 5.41) is 0. The van der Waals surface area contributed by atoms with Crippen LogP contribution in [0.25, 0.3) is 0 Å². The Hall–Kier alpha value is -1.18. The fourth-order valence-electron chi connectivity index (χ4n) is 5.12. The summed E-state index contributed by atoms with van der Waals surface area (Å²) >= 11 is 0. The van der Waals surface area contributed by atoms with E-state index in [1.54, 1.807) is 5.57 Å². The van der Waals surface area contributed by atoms with Gasteiger partial charge >= 0.3 is 0 Å². The third-order valence-corrected chi connectivity index (χ3v) is 5.94. The molecule has 0 N–H and O–H groups in total. The van der Waals surface area contributed by atoms with Gasteiger partial charge < -0.3 is 0 Å². The summed E-state index contributed by atoms with van der Waals surface area (Å²) < 4.78 is 0. The average molecular weight is 256 g/mol. The van der Waals surface area contributed by atoms with Crippen molar-refractivity contribution in [2.24, 2.45) is 29.6 Å². The van der Waals surface area contributed by atoms with Crippen LogP contribution >= 0.6 is 0 Å². The minimum atomic E-state index is -0.0517. The molecule has 2 heteroatoms. The lowest BCUT2D eigenvalue weighted by molar-refractivity contribution is -0.131. The summed E-state index contributed by atoms with van der Waals surface area (Å²) in [5.74, 6) is 2.27. The number of carbonyl (C=O) groups is 2. The Morgan fingerprint density at radius 3 is 2.58 bits per heavy atom. The molecule has 2 fully saturated rings. The molecule has 4 aliphatic rings. The molecule has 0 aliphatic heterocycles. The van der Waals surface area contributed by atoms with E-state index in [1.165, 1.54) is 37.8 Å². The molecule has 0 amide bonds. The number of allylic oxidation sites excluding steroid dienone is 4. The standard InChI is InChI=1S/C17H20O2/c18-15-8-9-16(19)17-13-5-4-10-2-1-3-11(10)12(13)6-7-14(15)17/h6,8-11,13-14,17H,1-5,7H2/t10?,11?,13-,14-,17-/m1/s1. The molecular weight excluding hydrogens is 236 g/mol. The first-order valence-electron chi connectivity index (χ1n) is 7.71. The zero-order chi connectivity index (χ0) is 13.0. The molecule has 4 rings (SSSR count). The van der Waals surface area contributed by atoms with Crippen molar-refractivity contribution in [3.8, 4) is 0 Å². The van der Waals surface area contributed by atoms with Crippen LogP contribution < -0.4 is 0 Å². The quantitative estimate of drug-likeness (QED) is 0.624. The number of rotatable bonds is 0. The highest BCUT2D eigenvalue weighted by Gasteiger charge is 2.48. The van der Waals surface area contributed by atoms with Gasteiger partial charge in [-0.15, -0.1) is 0 Å². The molecule has 0 aromatic carbocycles. The Kier molecular flexibility index (Phi) is 2.54. The molecule has 4 aliphatic carbocycles. The smallest absolute Gasteiger partial charge is 0.160 e. The van der Waals surface area contributed by atoms with Gasteiger partial charge in [-0.1, -0.05) is 18.1 Å². The monoisotopic (exact) mass is 256 g/mol. The molecule has 19 heavy (non-hydrogen) atoms. The summed E-state index contributed by atoms with van der Waals surface area (Å²) in [6.07, 6.45) is 12.6. The second kappa shape index (κ2) is 4.16. The Morgan fingerprint density at radius 1 is 0.842 bits per heavy atom. The van der Waals surface area contributed by atoms with E-state index < -0.39 is 0 Å². The number of carbonyl (C=O) groups excluding carboxylic acids is 2. The highest BCUT2D eigenvalue weighted by Crippen LogP contribution is 2.53. The summed E-state index contributed by atoms with van der Waals surface area (Å²) in [4.78, 5) is 24.3. The van der Waals surface area contributed by atoms with Gasteiger partial charge in [-0.05, 0) is 62.0 Å². The van der Waals surface area contributed by atoms with Crippen molar-refractivity contribution in [3.63, 3.8) is 0 Å². The Balaban J connectivity index is 1.72. The summed E-state index contributed by atoms with van der Waals surface area (Å²) in [7, 11) is 0. The molecule has 0 heterocycles. The third kappa shape index (κ3) is 1.62. The predicted molar refractivity (Wildman–Crippen MR) is 72.4 cm³/mol. The fraction of sp³-hybridized carbons (Fsp3) is 0.647. The summed E-state index contributed by atoms with van der Waals surface area (Å²) in [6, 6.07) is 0. The van der Waals surface area contributed by atoms with E-state index in [0.717, 1.165) is 24.7 Å². The van der Waals surface area contributed by atoms with Crippen LogP contribution in [-0.2, 0) is 9.59 Å². The molecule has 0 bridgehead atoms. The van der Waals surface area contributed by atoms with E-state index in [1.807, 2.05) is 0 Å². The Labute approximate surface area is 113 Å². The molecular formula is C17H20O2. The van der Waals surface area contributed by atoms with Gasteiger partial charge in [-0.2, -0.15) is 0 Å². The normalized spacial score (nSPS) is 44.4. The van der Waals surface area contributed by atoms with Gasteiger partial charge in [-0.25, -0.2) is 0 Å². The van der Waals surface area contributed by atoms with Crippen LogP contribution in [0.1, 0.15) is 38.5 Å². The molecule has 0 radical (unpaired) electrons. The van der Waals surface area contributed by atoms with Crippen LogP contribution in [0.3, 0.4) is 0 Å². The van der Waals surface area contributed by atoms with Crippen LogP contribution in [0.5, 0.6) is 0 Å². The first-order valence-corrected chi connectivity index (χ1v) is 7.71. The van der Waals surface area contributed by atoms with Crippen molar-refractivity contribution in [2.45, 2.75) is 38.5 Å². The number of hydrogen-bond acceptors (Lipinski definition) is 2. The topological polar surface area (TPSA) is 34.1 Å². The Morgan fingerprint density at radius 2 is 1.68 bits per heavy atom. The predicted octanol–water partition coefficient (Wildman–Crippen LogP) is 3.08. The maximum atomic E-state index is 12.3. The lowest BCUT2D eigenvalue weighted by Crippen LogP contribution is -2.43. The van der Waals surface area contributed by atoms with Crippen LogP contribution in [-0.4, -0.2) is 11.6 Å². The highest BCUT2D eigenvalue weighted by atomic mass is 16.1. The van der Waals surface area contributed by atoms with Gasteiger partial charge in [0.05, 0.1) is 0 Å². The van der Waals surface area contributed by atoms with Crippen molar-refractivity contribution in [1.29, 1.82) is 0 Å². The summed E-state index contributed by atoms with van der Waals surface area (Å²) in [5.41, 5.74) is 1.55. The lowest BCUT2D eigenvalue weighted by Gasteiger charge is -2.44. The minimum Gasteiger partial charge on any atom is -0.295 e. The SMILES string of the molecule is O=C1C=CC(=O)[C@H]2CC=C3C4CCCC4CC[C@H]3[C@@H]12. The van der Waals surface area contributed by atoms with E-state index in [4.69, 9.17) is 0 Å². The minimum absolute atomic E-state index is 0.0287. The van der Waals surface area contributed by atoms with Crippen molar-refractivity contribution in [2.75, 3.05) is 0 Å². The third-order valence-electron chi connectivity index (χ3n) is 5.94. The van der Waals surface area contributed by atoms with Crippen molar-refractivity contribution >= 4 is 11.6 Å². The van der Waals surface area contributed by atoms with E-state index in [-0.39, 0.29) is 23.4 Å². The largest absolute Gasteiger partial charge is 0.295 e. The first kappa shape index (κ1) is 11.6. The average Bonchev–Trinajstić information content (AvgIpc) is 2.90. The van der Waals surface area contributed by atoms with Crippen molar-refractivity contribution in [1.82, 2.24) is 0 Å². The highest BCUT2D eigenvalue weighted by molar-refractivity contribution is 6.07. The molecule has 2 unspecified atom stereocenters. The first-order chi connectivity index (χ1) is 9.25. The Bertz CT molecular complexity index is 499. The maximum Gasteiger partial charge on any atom is 0.160 e. The van der Waals surface area contributed by atoms with Crippen LogP contribution in [0.15, 0.2) is 23.8 Å². The molecule has 100 valence electrons. The molecule has 0 spiro atoms. The van der Waals surface area contributed by atoms with Gasteiger partial charge in [-0.3, -0.25) is 9.59 Å². The van der Waals surface area contributed by atoms with Crippen LogP contribution in [0.2, 0.25) is 0 Å². The van der Waals surface area contributed by atoms with E-state index in [9.17, 15) is 9.59 Å². The molecule has 5 atom stereocenters. The van der Waals surface area contributed by atoms with Gasteiger partial charge in [0.25, 0.3) is 0 Å². The van der Waals surface area contributed by atoms with Gasteiger partial charge in [0, 0.05) is 11.8 Å². The zero-order valence-electron chi connectivity index (χ0n) is 11.2. The maximum absolute atomic E-state index is 12.3. The number of hydrogen-bond donors (Lipinski definition) is 0. The molecule has 2 nitrogen and oxygen atoms in total. The van der Waals surface area contributed by atoms with Crippen molar-refractivity contribution < 1.29 is 9.59 Å². The van der Waals surface area contributed by atoms with Crippen molar-refractivity contribution in [3.05, 3.63) is 23.8 Å². The van der Waals surface area contributed by atoms with Gasteiger partial charge in [0.15, 0.2) is 11.6 Å². The molecule has 2 saturated carbocycles. The molecule has 0 aromatic rings. The molecule has 0 aromatic heterocycles. The second-order valence-electron chi connectivity index (χ2n) is 6.69. The summed E-state index contributed by atoms with van der Waals surface area (Å²) in [6.45, 7) is 0. The zero-order valence-corrected chi connectivity index (χ0v) is 11.2. The fourth-order valence-corrected chi connectivity index (χ4v) is 5.12. The van der Waals surface area contributed by atoms with Crippen LogP contribution in [0.4, 0.5) is 0 Å². The van der Waals surface area contributed by atoms with Gasteiger partial charge in [0.1, 0.15) is 0 Å². The molecule has 0 saturated heterocycles. The van der Waals surface area contributed by atoms with E-state index >= 15 is 0 Å². The van der Waals surface area contributed by atoms with Crippen LogP contribution in [0, 0.1) is 29.6 Å². The second-order valence-corrected chi connectivity index (χ2v) is 6.69.